The number of hydrogen-bond donors (Lipinski definition) is 0. The first-order valence-electron chi connectivity index (χ1n) is 35.1. The van der Waals surface area contributed by atoms with Gasteiger partial charge < -0.3 is 0 Å². The number of rotatable bonds is 15. The third-order valence-electron chi connectivity index (χ3n) is 18.0. The van der Waals surface area contributed by atoms with Gasteiger partial charge in [0.05, 0.1) is 90.9 Å². The summed E-state index contributed by atoms with van der Waals surface area (Å²) in [5, 5.41) is 1.80. The fourth-order valence-corrected chi connectivity index (χ4v) is 11.8. The summed E-state index contributed by atoms with van der Waals surface area (Å²) < 4.78 is 77.6. The third kappa shape index (κ3) is 20.6. The van der Waals surface area contributed by atoms with Crippen LogP contribution in [0, 0.1) is 41.5 Å². The van der Waals surface area contributed by atoms with Gasteiger partial charge in [0.25, 0.3) is 0 Å². The monoisotopic (exact) mass is 1400 g/mol. The van der Waals surface area contributed by atoms with Gasteiger partial charge in [0.1, 0.15) is 0 Å². The molecule has 0 fully saturated rings. The van der Waals surface area contributed by atoms with Crippen LogP contribution in [0.4, 0.5) is 71.8 Å². The lowest BCUT2D eigenvalue weighted by Gasteiger charge is -2.18. The molecule has 0 saturated heterocycles. The summed E-state index contributed by atoms with van der Waals surface area (Å²) >= 11 is 0. The molecule has 1 aliphatic rings. The number of aliphatic imine (C=N–C) groups is 8. The van der Waals surface area contributed by atoms with Crippen molar-refractivity contribution in [1.29, 1.82) is 0 Å². The van der Waals surface area contributed by atoms with Crippen LogP contribution in [0.1, 0.15) is 185 Å². The molecule has 536 valence electrons. The second-order valence-corrected chi connectivity index (χ2v) is 27.3. The Bertz CT molecular complexity index is 4520. The average molecular weight is 1400 g/mol. The Labute approximate surface area is 610 Å². The number of para-hydroxylation sites is 6. The van der Waals surface area contributed by atoms with Gasteiger partial charge in [0.15, 0.2) is 0 Å². The van der Waals surface area contributed by atoms with E-state index in [9.17, 15) is 26.3 Å². The van der Waals surface area contributed by atoms with E-state index in [1.807, 2.05) is 113 Å². The summed E-state index contributed by atoms with van der Waals surface area (Å²) in [6.07, 6.45) is -5.46. The molecule has 0 amide bonds. The van der Waals surface area contributed by atoms with Crippen LogP contribution in [0.5, 0.6) is 0 Å². The van der Waals surface area contributed by atoms with Crippen molar-refractivity contribution in [3.05, 3.63) is 284 Å². The van der Waals surface area contributed by atoms with Gasteiger partial charge >= 0.3 is 12.4 Å². The van der Waals surface area contributed by atoms with E-state index in [0.717, 1.165) is 114 Å². The fraction of sp³-hybridized carbons (Fsp3) is 0.267. The number of aryl methyl sites for hydroxylation is 6. The number of benzene rings is 10. The molecule has 0 saturated carbocycles. The SMILES string of the molecule is CC(=Nc1c(C(C)C)cccc1C(C)C)C(C)=Nc1c(C(C)C)cccc1C(C)C.CC(=Nc1c(C)cccc1C)C(C)=Nc1c(C)cccc1C.Cc1ccccc1N=CC=Nc1ccccc1C.FC(F)(F)c1ccc(N=C2C(=Nc3ccc(C(F)(F)F)cc3)c3cccc4cccc2c34)cc1. The first kappa shape index (κ1) is 79.1. The lowest BCUT2D eigenvalue weighted by Crippen LogP contribution is -2.10. The highest BCUT2D eigenvalue weighted by Crippen LogP contribution is 2.40. The Hall–Kier alpha value is -10.6. The largest absolute Gasteiger partial charge is 0.416 e. The van der Waals surface area contributed by atoms with Crippen LogP contribution in [0.25, 0.3) is 10.8 Å². The standard InChI is InChI=1S/C28H40N2.C26H14F6N2.C20H24N2.C16H16N2/c1-17(2)23-13-11-14-24(18(3)4)27(23)29-21(9)22(10)30-28-25(19(5)6)15-12-16-26(28)20(7)8;27-25(28,29)16-7-11-18(12-8-16)33-23-20-5-1-3-15-4-2-6-21(22(15)20)24(23)34-19-13-9-17(10-14-19)26(30,31)32;1-13-9-7-10-14(2)19(13)21-17(5)18(6)22-20-15(3)11-8-12-16(20)4;1-13-7-3-5-9-15(13)17-11-12-18-16-10-6-4-8-14(16)2/h11-20H,1-10H3;1-14H;7-12H,1-6H3;3-12H,1-2H3. The fourth-order valence-electron chi connectivity index (χ4n) is 11.8. The van der Waals surface area contributed by atoms with E-state index in [1.165, 1.54) is 68.8 Å². The number of hydrogen-bond acceptors (Lipinski definition) is 8. The number of nitrogens with zero attached hydrogens (tertiary/aromatic N) is 8. The van der Waals surface area contributed by atoms with Crippen molar-refractivity contribution < 1.29 is 26.3 Å². The molecule has 0 bridgehead atoms. The van der Waals surface area contributed by atoms with E-state index in [1.54, 1.807) is 12.4 Å². The molecule has 0 radical (unpaired) electrons. The average Bonchev–Trinajstić information content (AvgIpc) is 1.59. The lowest BCUT2D eigenvalue weighted by molar-refractivity contribution is -0.138. The molecule has 0 aromatic heterocycles. The van der Waals surface area contributed by atoms with Crippen LogP contribution in [0.3, 0.4) is 0 Å². The van der Waals surface area contributed by atoms with Crippen molar-refractivity contribution in [2.45, 2.75) is 161 Å². The summed E-state index contributed by atoms with van der Waals surface area (Å²) in [4.78, 5) is 37.8. The highest BCUT2D eigenvalue weighted by atomic mass is 19.4. The minimum Gasteiger partial charge on any atom is -0.255 e. The van der Waals surface area contributed by atoms with E-state index >= 15 is 0 Å². The zero-order valence-corrected chi connectivity index (χ0v) is 62.9. The van der Waals surface area contributed by atoms with E-state index in [2.05, 4.69) is 190 Å². The van der Waals surface area contributed by atoms with Crippen LogP contribution in [-0.4, -0.2) is 46.7 Å². The normalized spacial score (nSPS) is 13.7. The topological polar surface area (TPSA) is 98.9 Å². The maximum absolute atomic E-state index is 12.9. The Morgan fingerprint density at radius 1 is 0.308 bits per heavy atom. The van der Waals surface area contributed by atoms with Gasteiger partial charge in [-0.25, -0.2) is 9.98 Å². The molecular weight excluding hydrogens is 1310 g/mol. The van der Waals surface area contributed by atoms with E-state index < -0.39 is 23.5 Å². The van der Waals surface area contributed by atoms with Crippen molar-refractivity contribution in [2.24, 2.45) is 39.9 Å². The number of alkyl halides is 6. The summed E-state index contributed by atoms with van der Waals surface area (Å²) in [5.41, 5.74) is 23.9. The van der Waals surface area contributed by atoms with Gasteiger partial charge in [-0.3, -0.25) is 30.0 Å². The zero-order chi connectivity index (χ0) is 75.7. The minimum atomic E-state index is -4.46. The second kappa shape index (κ2) is 35.5. The highest BCUT2D eigenvalue weighted by molar-refractivity contribution is 6.61. The van der Waals surface area contributed by atoms with Crippen LogP contribution in [0.15, 0.2) is 246 Å². The molecule has 8 nitrogen and oxygen atoms in total. The Morgan fingerprint density at radius 2 is 0.577 bits per heavy atom. The Balaban J connectivity index is 0.000000180. The number of halogens is 6. The van der Waals surface area contributed by atoms with Crippen LogP contribution >= 0.6 is 0 Å². The van der Waals surface area contributed by atoms with Crippen LogP contribution in [-0.2, 0) is 12.4 Å². The molecule has 0 unspecified atom stereocenters. The Kier molecular flexibility index (Phi) is 27.0. The van der Waals surface area contributed by atoms with Crippen molar-refractivity contribution >= 4 is 103 Å². The van der Waals surface area contributed by atoms with E-state index in [-0.39, 0.29) is 0 Å². The maximum atomic E-state index is 12.9. The van der Waals surface area contributed by atoms with Gasteiger partial charge in [-0.15, -0.1) is 0 Å². The smallest absolute Gasteiger partial charge is 0.255 e. The third-order valence-corrected chi connectivity index (χ3v) is 18.0. The van der Waals surface area contributed by atoms with Crippen molar-refractivity contribution in [1.82, 2.24) is 0 Å². The molecule has 0 aliphatic heterocycles. The van der Waals surface area contributed by atoms with Crippen molar-refractivity contribution in [3.8, 4) is 0 Å². The summed E-state index contributed by atoms with van der Waals surface area (Å²) in [7, 11) is 0. The van der Waals surface area contributed by atoms with Crippen LogP contribution < -0.4 is 0 Å². The minimum absolute atomic E-state index is 0.299. The van der Waals surface area contributed by atoms with Gasteiger partial charge in [-0.2, -0.15) is 26.3 Å². The molecule has 10 aromatic carbocycles. The molecule has 11 rings (SSSR count). The molecule has 10 aromatic rings. The predicted molar refractivity (Wildman–Crippen MR) is 430 cm³/mol. The molecule has 0 spiro atoms. The van der Waals surface area contributed by atoms with E-state index in [0.29, 0.717) is 46.5 Å². The molecule has 0 heterocycles. The molecule has 104 heavy (non-hydrogen) atoms. The van der Waals surface area contributed by atoms with E-state index in [4.69, 9.17) is 20.0 Å². The van der Waals surface area contributed by atoms with Crippen molar-refractivity contribution in [2.75, 3.05) is 0 Å². The van der Waals surface area contributed by atoms with Gasteiger partial charge in [-0.05, 0) is 215 Å². The molecular formula is C90H94F6N8. The predicted octanol–water partition coefficient (Wildman–Crippen LogP) is 27.4. The quantitative estimate of drug-likeness (QED) is 0.0722. The first-order chi connectivity index (χ1) is 49.3. The second-order valence-electron chi connectivity index (χ2n) is 27.3. The molecule has 0 N–H and O–H groups in total. The summed E-state index contributed by atoms with van der Waals surface area (Å²) in [6.45, 7) is 38.6. The summed E-state index contributed by atoms with van der Waals surface area (Å²) in [6, 6.07) is 61.8. The molecule has 1 aliphatic carbocycles. The van der Waals surface area contributed by atoms with Crippen molar-refractivity contribution in [3.63, 3.8) is 0 Å². The van der Waals surface area contributed by atoms with Gasteiger partial charge in [0.2, 0.25) is 0 Å². The highest BCUT2D eigenvalue weighted by Gasteiger charge is 2.32. The van der Waals surface area contributed by atoms with Crippen LogP contribution in [0.2, 0.25) is 0 Å². The van der Waals surface area contributed by atoms with Gasteiger partial charge in [0, 0.05) is 28.9 Å². The molecule has 0 atom stereocenters. The lowest BCUT2D eigenvalue weighted by atomic mass is 9.92. The maximum Gasteiger partial charge on any atom is 0.416 e. The zero-order valence-electron chi connectivity index (χ0n) is 62.9. The first-order valence-corrected chi connectivity index (χ1v) is 35.1. The van der Waals surface area contributed by atoms with Gasteiger partial charge in [-0.1, -0.05) is 201 Å². The molecule has 14 heteroatoms. The summed E-state index contributed by atoms with van der Waals surface area (Å²) in [5.74, 6) is 1.73. The Morgan fingerprint density at radius 3 is 0.865 bits per heavy atom.